The van der Waals surface area contributed by atoms with E-state index >= 15 is 0 Å². The first-order valence-electron chi connectivity index (χ1n) is 9.56. The van der Waals surface area contributed by atoms with Crippen LogP contribution in [0.2, 0.25) is 0 Å². The van der Waals surface area contributed by atoms with Crippen molar-refractivity contribution in [2.24, 2.45) is 39.6 Å². The smallest absolute Gasteiger partial charge is 0.139 e. The highest BCUT2D eigenvalue weighted by molar-refractivity contribution is 5.87. The van der Waals surface area contributed by atoms with E-state index in [0.29, 0.717) is 17.1 Å². The van der Waals surface area contributed by atoms with Crippen LogP contribution >= 0.6 is 0 Å². The van der Waals surface area contributed by atoms with Crippen LogP contribution in [0.4, 0.5) is 0 Å². The van der Waals surface area contributed by atoms with Gasteiger partial charge in [-0.2, -0.15) is 0 Å². The Labute approximate surface area is 139 Å². The molecule has 4 aliphatic carbocycles. The first-order chi connectivity index (χ1) is 11.0. The highest BCUT2D eigenvalue weighted by Crippen LogP contribution is 2.65. The molecule has 0 N–H and O–H groups in total. The van der Waals surface area contributed by atoms with Crippen LogP contribution < -0.4 is 0 Å². The minimum absolute atomic E-state index is 0.0246. The number of carbonyl (C=O) groups excluding carboxylic acids is 1. The number of hydrogen-bond donors (Lipinski definition) is 0. The molecule has 23 heavy (non-hydrogen) atoms. The molecule has 4 fully saturated rings. The molecule has 4 saturated carbocycles. The summed E-state index contributed by atoms with van der Waals surface area (Å²) < 4.78 is 0. The van der Waals surface area contributed by atoms with Crippen molar-refractivity contribution in [1.82, 2.24) is 0 Å². The molecule has 0 saturated heterocycles. The van der Waals surface area contributed by atoms with Gasteiger partial charge in [-0.1, -0.05) is 19.0 Å². The third-order valence-electron chi connectivity index (χ3n) is 8.51. The second-order valence-electron chi connectivity index (χ2n) is 9.22. The lowest BCUT2D eigenvalue weighted by molar-refractivity contribution is -0.139. The van der Waals surface area contributed by atoms with E-state index in [1.165, 1.54) is 25.7 Å². The highest BCUT2D eigenvalue weighted by atomic mass is 16.1. The van der Waals surface area contributed by atoms with E-state index in [1.807, 2.05) is 0 Å². The number of hydrogen-bond acceptors (Lipinski definition) is 2. The van der Waals surface area contributed by atoms with Crippen molar-refractivity contribution in [3.05, 3.63) is 10.4 Å². The molecule has 7 atom stereocenters. The Balaban J connectivity index is 1.64. The molecule has 0 radical (unpaired) electrons. The fourth-order valence-electron chi connectivity index (χ4n) is 7.27. The van der Waals surface area contributed by atoms with Crippen LogP contribution in [0.25, 0.3) is 10.4 Å². The minimum Gasteiger partial charge on any atom is -0.299 e. The molecule has 0 aromatic carbocycles. The molecule has 0 aliphatic heterocycles. The van der Waals surface area contributed by atoms with Gasteiger partial charge in [0.2, 0.25) is 0 Å². The fraction of sp³-hybridized carbons (Fsp3) is 0.947. The molecule has 0 aromatic heterocycles. The maximum atomic E-state index is 12.4. The maximum absolute atomic E-state index is 12.4. The van der Waals surface area contributed by atoms with Gasteiger partial charge >= 0.3 is 0 Å². The lowest BCUT2D eigenvalue weighted by Gasteiger charge is -2.60. The number of fused-ring (bicyclic) bond motifs is 5. The van der Waals surface area contributed by atoms with E-state index in [1.54, 1.807) is 0 Å². The van der Waals surface area contributed by atoms with Gasteiger partial charge in [0.25, 0.3) is 0 Å². The van der Waals surface area contributed by atoms with Crippen molar-refractivity contribution in [3.8, 4) is 0 Å². The normalized spacial score (nSPS) is 52.1. The molecule has 0 heterocycles. The summed E-state index contributed by atoms with van der Waals surface area (Å²) in [4.78, 5) is 15.5. The second kappa shape index (κ2) is 5.24. The largest absolute Gasteiger partial charge is 0.299 e. The van der Waals surface area contributed by atoms with E-state index in [4.69, 9.17) is 5.53 Å². The molecule has 4 nitrogen and oxygen atoms in total. The molecule has 7 unspecified atom stereocenters. The number of ketones is 1. The summed E-state index contributed by atoms with van der Waals surface area (Å²) in [6.45, 7) is 4.73. The Hall–Kier alpha value is -1.02. The quantitative estimate of drug-likeness (QED) is 0.369. The first kappa shape index (κ1) is 15.5. The predicted molar refractivity (Wildman–Crippen MR) is 89.7 cm³/mol. The highest BCUT2D eigenvalue weighted by Gasteiger charge is 2.60. The summed E-state index contributed by atoms with van der Waals surface area (Å²) in [5, 5.41) is 4.08. The second-order valence-corrected chi connectivity index (χ2v) is 9.22. The topological polar surface area (TPSA) is 65.8 Å². The van der Waals surface area contributed by atoms with Crippen LogP contribution in [0.5, 0.6) is 0 Å². The molecule has 4 heteroatoms. The van der Waals surface area contributed by atoms with Crippen molar-refractivity contribution in [1.29, 1.82) is 0 Å². The summed E-state index contributed by atoms with van der Waals surface area (Å²) in [6, 6.07) is 0.193. The summed E-state index contributed by atoms with van der Waals surface area (Å²) in [6.07, 6.45) is 10.2. The predicted octanol–water partition coefficient (Wildman–Crippen LogP) is 5.28. The van der Waals surface area contributed by atoms with Gasteiger partial charge in [0.15, 0.2) is 0 Å². The average Bonchev–Trinajstić information content (AvgIpc) is 2.82. The Morgan fingerprint density at radius 2 is 1.87 bits per heavy atom. The van der Waals surface area contributed by atoms with E-state index in [9.17, 15) is 4.79 Å². The zero-order valence-electron chi connectivity index (χ0n) is 14.5. The van der Waals surface area contributed by atoms with Crippen LogP contribution in [0.3, 0.4) is 0 Å². The van der Waals surface area contributed by atoms with Crippen LogP contribution in [-0.4, -0.2) is 11.8 Å². The molecular weight excluding hydrogens is 286 g/mol. The summed E-state index contributed by atoms with van der Waals surface area (Å²) in [7, 11) is 0. The molecule has 4 aliphatic rings. The van der Waals surface area contributed by atoms with Crippen molar-refractivity contribution in [3.63, 3.8) is 0 Å². The maximum Gasteiger partial charge on any atom is 0.139 e. The zero-order valence-corrected chi connectivity index (χ0v) is 14.5. The van der Waals surface area contributed by atoms with Crippen LogP contribution in [0.1, 0.15) is 71.6 Å². The number of azide groups is 1. The van der Waals surface area contributed by atoms with Crippen molar-refractivity contribution in [2.75, 3.05) is 0 Å². The summed E-state index contributed by atoms with van der Waals surface area (Å²) >= 11 is 0. The lowest BCUT2D eigenvalue weighted by Crippen LogP contribution is -2.54. The Kier molecular flexibility index (Phi) is 3.53. The van der Waals surface area contributed by atoms with Gasteiger partial charge in [-0.05, 0) is 86.0 Å². The summed E-state index contributed by atoms with van der Waals surface area (Å²) in [5.41, 5.74) is 9.14. The molecule has 4 rings (SSSR count). The lowest BCUT2D eigenvalue weighted by atomic mass is 9.45. The Bertz CT molecular complexity index is 569. The van der Waals surface area contributed by atoms with E-state index in [2.05, 4.69) is 23.9 Å². The van der Waals surface area contributed by atoms with Crippen LogP contribution in [0.15, 0.2) is 5.11 Å². The first-order valence-corrected chi connectivity index (χ1v) is 9.56. The van der Waals surface area contributed by atoms with Gasteiger partial charge in [-0.15, -0.1) is 0 Å². The van der Waals surface area contributed by atoms with E-state index in [-0.39, 0.29) is 11.5 Å². The van der Waals surface area contributed by atoms with Gasteiger partial charge in [0.1, 0.15) is 5.78 Å². The molecular formula is C19H29N3O. The van der Waals surface area contributed by atoms with Crippen molar-refractivity contribution < 1.29 is 4.79 Å². The standard InChI is InChI=1S/C19H29N3O/c1-18-10-9-16-14(15(18)7-8-17(18)23)6-4-12-3-5-13(21-22-20)11-19(12,16)2/h12-16H,3-11H2,1-2H3. The third-order valence-corrected chi connectivity index (χ3v) is 8.51. The Morgan fingerprint density at radius 3 is 2.65 bits per heavy atom. The molecule has 0 spiro atoms. The van der Waals surface area contributed by atoms with Gasteiger partial charge in [-0.3, -0.25) is 4.79 Å². The third kappa shape index (κ3) is 2.10. The van der Waals surface area contributed by atoms with E-state index in [0.717, 1.165) is 49.9 Å². The minimum atomic E-state index is -0.0246. The number of rotatable bonds is 1. The van der Waals surface area contributed by atoms with Gasteiger partial charge in [0.05, 0.1) is 0 Å². The number of carbonyl (C=O) groups is 1. The van der Waals surface area contributed by atoms with E-state index < -0.39 is 0 Å². The summed E-state index contributed by atoms with van der Waals surface area (Å²) in [5.74, 6) is 3.42. The van der Waals surface area contributed by atoms with Gasteiger partial charge in [0, 0.05) is 22.8 Å². The molecule has 126 valence electrons. The molecule has 0 aromatic rings. The molecule has 0 bridgehead atoms. The van der Waals surface area contributed by atoms with Crippen molar-refractivity contribution in [2.45, 2.75) is 77.7 Å². The van der Waals surface area contributed by atoms with Gasteiger partial charge in [-0.25, -0.2) is 0 Å². The zero-order chi connectivity index (χ0) is 16.2. The average molecular weight is 315 g/mol. The number of nitrogens with zero attached hydrogens (tertiary/aromatic N) is 3. The number of Topliss-reactive ketones (excluding diaryl/α,β-unsaturated/α-hetero) is 1. The van der Waals surface area contributed by atoms with Gasteiger partial charge < -0.3 is 0 Å². The SMILES string of the molecule is CC12CCC3C(CCC4CCC(N=[N+]=[N-])CC43C)C1CCC2=O. The monoisotopic (exact) mass is 315 g/mol. The molecule has 0 amide bonds. The van der Waals surface area contributed by atoms with Crippen LogP contribution in [-0.2, 0) is 4.79 Å². The Morgan fingerprint density at radius 1 is 1.09 bits per heavy atom. The fourth-order valence-corrected chi connectivity index (χ4v) is 7.27. The van der Waals surface area contributed by atoms with Crippen molar-refractivity contribution >= 4 is 5.78 Å². The van der Waals surface area contributed by atoms with Crippen LogP contribution in [0, 0.1) is 34.5 Å².